The average Bonchev–Trinajstić information content (AvgIpc) is 3.10. The number of ether oxygens (including phenoxy) is 1. The Morgan fingerprint density at radius 1 is 1.15 bits per heavy atom. The second-order valence-corrected chi connectivity index (χ2v) is 7.82. The first kappa shape index (κ1) is 20.6. The van der Waals surface area contributed by atoms with Crippen molar-refractivity contribution in [2.45, 2.75) is 38.6 Å². The van der Waals surface area contributed by atoms with Gasteiger partial charge in [-0.1, -0.05) is 51.1 Å². The van der Waals surface area contributed by atoms with E-state index in [1.807, 2.05) is 32.2 Å². The lowest BCUT2D eigenvalue weighted by atomic mass is 9.93. The van der Waals surface area contributed by atoms with E-state index in [1.54, 1.807) is 24.3 Å². The smallest absolute Gasteiger partial charge is 0.315 e. The van der Waals surface area contributed by atoms with Crippen molar-refractivity contribution in [3.63, 3.8) is 0 Å². The summed E-state index contributed by atoms with van der Waals surface area (Å²) in [5.41, 5.74) is 1.38. The van der Waals surface area contributed by atoms with E-state index in [0.29, 0.717) is 10.7 Å². The van der Waals surface area contributed by atoms with Gasteiger partial charge in [0.25, 0.3) is 0 Å². The van der Waals surface area contributed by atoms with E-state index >= 15 is 0 Å². The highest BCUT2D eigenvalue weighted by Crippen LogP contribution is 2.26. The number of aromatic nitrogens is 1. The summed E-state index contributed by atoms with van der Waals surface area (Å²) in [6.07, 6.45) is -0.0784. The predicted molar refractivity (Wildman–Crippen MR) is 103 cm³/mol. The van der Waals surface area contributed by atoms with Crippen molar-refractivity contribution in [2.75, 3.05) is 12.4 Å². The van der Waals surface area contributed by atoms with E-state index < -0.39 is 23.8 Å². The first-order chi connectivity index (χ1) is 12.7. The Labute approximate surface area is 162 Å². The molecular weight excluding hydrogens is 366 g/mol. The Morgan fingerprint density at radius 2 is 1.81 bits per heavy atom. The number of nitrogens with zero attached hydrogens (tertiary/aromatic N) is 1. The van der Waals surface area contributed by atoms with E-state index in [9.17, 15) is 14.4 Å². The van der Waals surface area contributed by atoms with Crippen molar-refractivity contribution in [1.29, 1.82) is 0 Å². The Morgan fingerprint density at radius 3 is 2.37 bits per heavy atom. The van der Waals surface area contributed by atoms with E-state index in [4.69, 9.17) is 0 Å². The lowest BCUT2D eigenvalue weighted by Gasteiger charge is -2.17. The van der Waals surface area contributed by atoms with Crippen molar-refractivity contribution in [3.8, 4) is 0 Å². The first-order valence-corrected chi connectivity index (χ1v) is 9.28. The molecule has 0 spiro atoms. The van der Waals surface area contributed by atoms with Gasteiger partial charge in [-0.25, -0.2) is 4.98 Å². The molecule has 2 N–H and O–H groups in total. The molecule has 1 aromatic carbocycles. The number of nitrogens with one attached hydrogen (secondary N) is 2. The molecule has 0 aliphatic rings. The van der Waals surface area contributed by atoms with Gasteiger partial charge in [-0.3, -0.25) is 19.7 Å². The van der Waals surface area contributed by atoms with Gasteiger partial charge in [0.1, 0.15) is 0 Å². The molecule has 1 unspecified atom stereocenters. The molecule has 0 saturated carbocycles. The lowest BCUT2D eigenvalue weighted by molar-refractivity contribution is -0.142. The summed E-state index contributed by atoms with van der Waals surface area (Å²) < 4.78 is 4.68. The molecule has 0 aliphatic heterocycles. The maximum absolute atomic E-state index is 12.3. The minimum atomic E-state index is -0.847. The summed E-state index contributed by atoms with van der Waals surface area (Å²) >= 11 is 1.25. The van der Waals surface area contributed by atoms with Crippen molar-refractivity contribution >= 4 is 34.3 Å². The van der Waals surface area contributed by atoms with Crippen LogP contribution in [0.25, 0.3) is 0 Å². The molecule has 7 nitrogen and oxygen atoms in total. The van der Waals surface area contributed by atoms with Crippen LogP contribution in [0, 0.1) is 0 Å². The summed E-state index contributed by atoms with van der Waals surface area (Å²) in [5, 5.41) is 7.28. The molecule has 1 atom stereocenters. The van der Waals surface area contributed by atoms with Gasteiger partial charge in [-0.15, -0.1) is 11.3 Å². The fraction of sp³-hybridized carbons (Fsp3) is 0.368. The Balaban J connectivity index is 2.06. The fourth-order valence-corrected chi connectivity index (χ4v) is 3.17. The van der Waals surface area contributed by atoms with E-state index in [0.717, 1.165) is 5.69 Å². The standard InChI is InChI=1S/C19H23N3O4S/c1-19(2,3)14-11-27-18(21-14)22-17(25)16(24)20-13(10-15(23)26-4)12-8-6-5-7-9-12/h5-9,11,13H,10H2,1-4H3,(H,20,24)(H,21,22,25). The van der Waals surface area contributed by atoms with Gasteiger partial charge >= 0.3 is 17.8 Å². The molecule has 0 saturated heterocycles. The summed E-state index contributed by atoms with van der Waals surface area (Å²) in [7, 11) is 1.27. The molecule has 1 heterocycles. The minimum Gasteiger partial charge on any atom is -0.469 e. The zero-order valence-electron chi connectivity index (χ0n) is 15.7. The van der Waals surface area contributed by atoms with Crippen LogP contribution in [0.4, 0.5) is 5.13 Å². The highest BCUT2D eigenvalue weighted by atomic mass is 32.1. The minimum absolute atomic E-state index is 0.0784. The maximum Gasteiger partial charge on any atom is 0.315 e. The molecule has 2 aromatic rings. The van der Waals surface area contributed by atoms with Crippen molar-refractivity contribution in [3.05, 3.63) is 47.0 Å². The van der Waals surface area contributed by atoms with Crippen molar-refractivity contribution in [1.82, 2.24) is 10.3 Å². The number of carbonyl (C=O) groups excluding carboxylic acids is 3. The normalized spacial score (nSPS) is 12.1. The van der Waals surface area contributed by atoms with Crippen molar-refractivity contribution in [2.24, 2.45) is 0 Å². The second kappa shape index (κ2) is 8.77. The van der Waals surface area contributed by atoms with Crippen LogP contribution in [0.15, 0.2) is 35.7 Å². The molecule has 2 amide bonds. The molecular formula is C19H23N3O4S. The first-order valence-electron chi connectivity index (χ1n) is 8.40. The number of rotatable bonds is 5. The van der Waals surface area contributed by atoms with Gasteiger partial charge in [0.05, 0.1) is 25.3 Å². The quantitative estimate of drug-likeness (QED) is 0.605. The van der Waals surface area contributed by atoms with Crippen molar-refractivity contribution < 1.29 is 19.1 Å². The number of thiazole rings is 1. The monoisotopic (exact) mass is 389 g/mol. The van der Waals surface area contributed by atoms with Crippen LogP contribution in [0.2, 0.25) is 0 Å². The summed E-state index contributed by atoms with van der Waals surface area (Å²) in [5.74, 6) is -2.17. The van der Waals surface area contributed by atoms with Gasteiger partial charge in [-0.2, -0.15) is 0 Å². The highest BCUT2D eigenvalue weighted by molar-refractivity contribution is 7.14. The third kappa shape index (κ3) is 5.89. The van der Waals surface area contributed by atoms with Gasteiger partial charge < -0.3 is 10.1 Å². The van der Waals surface area contributed by atoms with E-state index in [1.165, 1.54) is 18.4 Å². The number of methoxy groups -OCH3 is 1. The van der Waals surface area contributed by atoms with Crippen LogP contribution in [0.1, 0.15) is 44.5 Å². The van der Waals surface area contributed by atoms with Crippen LogP contribution in [-0.2, 0) is 24.5 Å². The lowest BCUT2D eigenvalue weighted by Crippen LogP contribution is -2.38. The fourth-order valence-electron chi connectivity index (χ4n) is 2.24. The molecule has 144 valence electrons. The molecule has 8 heteroatoms. The second-order valence-electron chi connectivity index (χ2n) is 6.96. The largest absolute Gasteiger partial charge is 0.469 e. The third-order valence-electron chi connectivity index (χ3n) is 3.81. The molecule has 2 rings (SSSR count). The Kier molecular flexibility index (Phi) is 6.68. The van der Waals surface area contributed by atoms with Crippen LogP contribution >= 0.6 is 11.3 Å². The molecule has 1 aromatic heterocycles. The zero-order valence-corrected chi connectivity index (χ0v) is 16.6. The molecule has 27 heavy (non-hydrogen) atoms. The summed E-state index contributed by atoms with van der Waals surface area (Å²) in [4.78, 5) is 40.5. The molecule has 0 radical (unpaired) electrons. The van der Waals surface area contributed by atoms with Gasteiger partial charge in [0.2, 0.25) is 0 Å². The summed E-state index contributed by atoms with van der Waals surface area (Å²) in [6.45, 7) is 6.03. The maximum atomic E-state index is 12.3. The molecule has 0 aliphatic carbocycles. The predicted octanol–water partition coefficient (Wildman–Crippen LogP) is 2.80. The molecule has 0 bridgehead atoms. The number of benzene rings is 1. The number of amides is 2. The third-order valence-corrected chi connectivity index (χ3v) is 4.56. The zero-order chi connectivity index (χ0) is 20.0. The van der Waals surface area contributed by atoms with Crippen LogP contribution < -0.4 is 10.6 Å². The number of hydrogen-bond acceptors (Lipinski definition) is 6. The van der Waals surface area contributed by atoms with E-state index in [2.05, 4.69) is 20.4 Å². The highest BCUT2D eigenvalue weighted by Gasteiger charge is 2.24. The SMILES string of the molecule is COC(=O)CC(NC(=O)C(=O)Nc1nc(C(C)(C)C)cs1)c1ccccc1. The van der Waals surface area contributed by atoms with Gasteiger partial charge in [0.15, 0.2) is 5.13 Å². The number of hydrogen-bond donors (Lipinski definition) is 2. The molecule has 0 fully saturated rings. The number of carbonyl (C=O) groups is 3. The van der Waals surface area contributed by atoms with Crippen LogP contribution in [0.5, 0.6) is 0 Å². The van der Waals surface area contributed by atoms with Crippen LogP contribution in [-0.4, -0.2) is 29.9 Å². The van der Waals surface area contributed by atoms with Gasteiger partial charge in [-0.05, 0) is 5.56 Å². The van der Waals surface area contributed by atoms with Gasteiger partial charge in [0, 0.05) is 10.8 Å². The summed E-state index contributed by atoms with van der Waals surface area (Å²) in [6, 6.07) is 8.26. The van der Waals surface area contributed by atoms with Crippen LogP contribution in [0.3, 0.4) is 0 Å². The Bertz CT molecular complexity index is 812. The number of anilines is 1. The Hall–Kier alpha value is -2.74. The average molecular weight is 389 g/mol. The van der Waals surface area contributed by atoms with E-state index in [-0.39, 0.29) is 11.8 Å². The topological polar surface area (TPSA) is 97.4 Å². The number of esters is 1.